The number of nitrogens with two attached hydrogens (primary N) is 1. The van der Waals surface area contributed by atoms with Gasteiger partial charge >= 0.3 is 0 Å². The van der Waals surface area contributed by atoms with Crippen molar-refractivity contribution in [2.75, 3.05) is 19.8 Å². The number of nitriles is 1. The van der Waals surface area contributed by atoms with Crippen LogP contribution in [0.4, 0.5) is 0 Å². The maximum atomic E-state index is 12.8. The van der Waals surface area contributed by atoms with Gasteiger partial charge in [-0.1, -0.05) is 18.2 Å². The fourth-order valence-electron chi connectivity index (χ4n) is 2.57. The third-order valence-corrected chi connectivity index (χ3v) is 4.17. The summed E-state index contributed by atoms with van der Waals surface area (Å²) >= 11 is 0. The molecule has 0 spiro atoms. The molecule has 0 bridgehead atoms. The van der Waals surface area contributed by atoms with Crippen LogP contribution in [-0.4, -0.2) is 36.6 Å². The number of amides is 1. The standard InChI is InChI=1S/C16H21N3O2/c1-3-19(9-13-7-5-4-6-12(13)8-17)15(20)16(2)11-21-10-14(16)18/h4-7,14H,3,9-11,18H2,1-2H3. The quantitative estimate of drug-likeness (QED) is 0.904. The Morgan fingerprint density at radius 3 is 2.86 bits per heavy atom. The van der Waals surface area contributed by atoms with Gasteiger partial charge in [0.2, 0.25) is 5.91 Å². The lowest BCUT2D eigenvalue weighted by Crippen LogP contribution is -2.51. The van der Waals surface area contributed by atoms with Crippen LogP contribution in [0.25, 0.3) is 0 Å². The van der Waals surface area contributed by atoms with Crippen LogP contribution in [0.1, 0.15) is 25.0 Å². The van der Waals surface area contributed by atoms with Crippen LogP contribution >= 0.6 is 0 Å². The second kappa shape index (κ2) is 6.25. The average molecular weight is 287 g/mol. The van der Waals surface area contributed by atoms with Gasteiger partial charge in [-0.15, -0.1) is 0 Å². The van der Waals surface area contributed by atoms with Crippen LogP contribution in [0, 0.1) is 16.7 Å². The van der Waals surface area contributed by atoms with E-state index in [-0.39, 0.29) is 11.9 Å². The summed E-state index contributed by atoms with van der Waals surface area (Å²) < 4.78 is 5.36. The number of benzene rings is 1. The van der Waals surface area contributed by atoms with Gasteiger partial charge in [0.05, 0.1) is 30.3 Å². The highest BCUT2D eigenvalue weighted by Crippen LogP contribution is 2.30. The number of nitrogens with zero attached hydrogens (tertiary/aromatic N) is 2. The van der Waals surface area contributed by atoms with Crippen molar-refractivity contribution in [3.8, 4) is 6.07 Å². The van der Waals surface area contributed by atoms with E-state index in [2.05, 4.69) is 6.07 Å². The molecule has 2 N–H and O–H groups in total. The monoisotopic (exact) mass is 287 g/mol. The van der Waals surface area contributed by atoms with Crippen LogP contribution in [0.15, 0.2) is 24.3 Å². The molecule has 1 amide bonds. The smallest absolute Gasteiger partial charge is 0.232 e. The molecule has 1 aliphatic rings. The second-order valence-electron chi connectivity index (χ2n) is 5.63. The molecular weight excluding hydrogens is 266 g/mol. The van der Waals surface area contributed by atoms with Crippen LogP contribution in [0.3, 0.4) is 0 Å². The van der Waals surface area contributed by atoms with E-state index < -0.39 is 5.41 Å². The maximum absolute atomic E-state index is 12.8. The minimum atomic E-state index is -0.683. The molecule has 2 rings (SSSR count). The van der Waals surface area contributed by atoms with E-state index in [1.165, 1.54) is 0 Å². The Hall–Kier alpha value is -1.90. The van der Waals surface area contributed by atoms with Crippen LogP contribution in [-0.2, 0) is 16.1 Å². The van der Waals surface area contributed by atoms with Gasteiger partial charge in [0.1, 0.15) is 0 Å². The first kappa shape index (κ1) is 15.5. The highest BCUT2D eigenvalue weighted by Gasteiger charge is 2.46. The zero-order valence-electron chi connectivity index (χ0n) is 12.5. The predicted octanol–water partition coefficient (Wildman–Crippen LogP) is 1.27. The molecule has 21 heavy (non-hydrogen) atoms. The van der Waals surface area contributed by atoms with Crippen molar-refractivity contribution in [2.45, 2.75) is 26.4 Å². The molecule has 1 aromatic carbocycles. The van der Waals surface area contributed by atoms with Crippen molar-refractivity contribution < 1.29 is 9.53 Å². The van der Waals surface area contributed by atoms with E-state index >= 15 is 0 Å². The zero-order chi connectivity index (χ0) is 15.5. The summed E-state index contributed by atoms with van der Waals surface area (Å²) in [5.41, 5.74) is 6.80. The Kier molecular flexibility index (Phi) is 4.61. The number of carbonyl (C=O) groups is 1. The SMILES string of the molecule is CCN(Cc1ccccc1C#N)C(=O)C1(C)COCC1N. The Morgan fingerprint density at radius 1 is 1.57 bits per heavy atom. The number of hydrogen-bond donors (Lipinski definition) is 1. The summed E-state index contributed by atoms with van der Waals surface area (Å²) in [4.78, 5) is 14.5. The first-order valence-corrected chi connectivity index (χ1v) is 7.13. The summed E-state index contributed by atoms with van der Waals surface area (Å²) in [5.74, 6) is -0.0113. The van der Waals surface area contributed by atoms with Gasteiger partial charge in [0, 0.05) is 19.1 Å². The Balaban J connectivity index is 2.21. The summed E-state index contributed by atoms with van der Waals surface area (Å²) in [6.07, 6.45) is 0. The minimum absolute atomic E-state index is 0.0113. The van der Waals surface area contributed by atoms with E-state index in [0.29, 0.717) is 31.9 Å². The highest BCUT2D eigenvalue weighted by molar-refractivity contribution is 5.83. The van der Waals surface area contributed by atoms with Gasteiger partial charge in [-0.2, -0.15) is 5.26 Å². The van der Waals surface area contributed by atoms with Gasteiger partial charge in [-0.05, 0) is 25.5 Å². The van der Waals surface area contributed by atoms with Crippen molar-refractivity contribution in [2.24, 2.45) is 11.1 Å². The van der Waals surface area contributed by atoms with Crippen molar-refractivity contribution in [3.05, 3.63) is 35.4 Å². The number of rotatable bonds is 4. The third kappa shape index (κ3) is 2.92. The molecule has 0 aromatic heterocycles. The second-order valence-corrected chi connectivity index (χ2v) is 5.63. The number of ether oxygens (including phenoxy) is 1. The summed E-state index contributed by atoms with van der Waals surface area (Å²) in [7, 11) is 0. The molecule has 0 saturated carbocycles. The van der Waals surface area contributed by atoms with Crippen LogP contribution < -0.4 is 5.73 Å². The highest BCUT2D eigenvalue weighted by atomic mass is 16.5. The van der Waals surface area contributed by atoms with E-state index in [9.17, 15) is 4.79 Å². The molecule has 1 aliphatic heterocycles. The van der Waals surface area contributed by atoms with Crippen molar-refractivity contribution in [3.63, 3.8) is 0 Å². The van der Waals surface area contributed by atoms with Gasteiger partial charge in [0.25, 0.3) is 0 Å². The largest absolute Gasteiger partial charge is 0.379 e. The van der Waals surface area contributed by atoms with Crippen LogP contribution in [0.2, 0.25) is 0 Å². The third-order valence-electron chi connectivity index (χ3n) is 4.17. The molecule has 0 aliphatic carbocycles. The van der Waals surface area contributed by atoms with E-state index in [1.807, 2.05) is 32.0 Å². The molecule has 1 saturated heterocycles. The fraction of sp³-hybridized carbons (Fsp3) is 0.500. The summed E-state index contributed by atoms with van der Waals surface area (Å²) in [6.45, 7) is 5.53. The molecule has 0 radical (unpaired) electrons. The first-order chi connectivity index (χ1) is 10.0. The van der Waals surface area contributed by atoms with Crippen molar-refractivity contribution in [1.82, 2.24) is 4.90 Å². The Bertz CT molecular complexity index is 567. The lowest BCUT2D eigenvalue weighted by atomic mass is 9.84. The number of carbonyl (C=O) groups excluding carboxylic acids is 1. The van der Waals surface area contributed by atoms with Gasteiger partial charge in [0.15, 0.2) is 0 Å². The normalized spacial score (nSPS) is 24.6. The molecular formula is C16H21N3O2. The van der Waals surface area contributed by atoms with Crippen molar-refractivity contribution >= 4 is 5.91 Å². The minimum Gasteiger partial charge on any atom is -0.379 e. The maximum Gasteiger partial charge on any atom is 0.232 e. The Labute approximate surface area is 125 Å². The first-order valence-electron chi connectivity index (χ1n) is 7.13. The molecule has 2 atom stereocenters. The van der Waals surface area contributed by atoms with E-state index in [1.54, 1.807) is 11.0 Å². The summed E-state index contributed by atoms with van der Waals surface area (Å²) in [6, 6.07) is 9.22. The molecule has 1 aromatic rings. The number of hydrogen-bond acceptors (Lipinski definition) is 4. The molecule has 5 heteroatoms. The van der Waals surface area contributed by atoms with Gasteiger partial charge in [-0.25, -0.2) is 0 Å². The molecule has 1 heterocycles. The van der Waals surface area contributed by atoms with Gasteiger partial charge in [-0.3, -0.25) is 4.79 Å². The Morgan fingerprint density at radius 2 is 2.29 bits per heavy atom. The lowest BCUT2D eigenvalue weighted by molar-refractivity contribution is -0.142. The average Bonchev–Trinajstić information content (AvgIpc) is 2.85. The zero-order valence-corrected chi connectivity index (χ0v) is 12.5. The summed E-state index contributed by atoms with van der Waals surface area (Å²) in [5, 5.41) is 9.15. The van der Waals surface area contributed by atoms with E-state index in [4.69, 9.17) is 15.7 Å². The lowest BCUT2D eigenvalue weighted by Gasteiger charge is -2.32. The van der Waals surface area contributed by atoms with Crippen molar-refractivity contribution in [1.29, 1.82) is 5.26 Å². The van der Waals surface area contributed by atoms with Gasteiger partial charge < -0.3 is 15.4 Å². The molecule has 5 nitrogen and oxygen atoms in total. The topological polar surface area (TPSA) is 79.3 Å². The predicted molar refractivity (Wildman–Crippen MR) is 79.1 cm³/mol. The molecule has 2 unspecified atom stereocenters. The van der Waals surface area contributed by atoms with Crippen LogP contribution in [0.5, 0.6) is 0 Å². The molecule has 112 valence electrons. The molecule has 1 fully saturated rings. The van der Waals surface area contributed by atoms with E-state index in [0.717, 1.165) is 5.56 Å². The fourth-order valence-corrected chi connectivity index (χ4v) is 2.57.